The van der Waals surface area contributed by atoms with Crippen molar-refractivity contribution in [3.05, 3.63) is 35.4 Å². The van der Waals surface area contributed by atoms with Gasteiger partial charge >= 0.3 is 0 Å². The number of hydrogen-bond acceptors (Lipinski definition) is 3. The van der Waals surface area contributed by atoms with Gasteiger partial charge in [0.05, 0.1) is 0 Å². The highest BCUT2D eigenvalue weighted by Gasteiger charge is 2.59. The summed E-state index contributed by atoms with van der Waals surface area (Å²) in [5.74, 6) is -1.20. The standard InChI is InChI=1S/C15H19F2N3O/c1-19(2)7-8-20-13(18-15(5-6-15)14(20)21)11-4-3-10(16)9-12(11)17/h3-4,9,13,18H,5-8H2,1-2H3. The Kier molecular flexibility index (Phi) is 3.45. The highest BCUT2D eigenvalue weighted by atomic mass is 19.1. The van der Waals surface area contributed by atoms with Gasteiger partial charge in [-0.1, -0.05) is 0 Å². The SMILES string of the molecule is CN(C)CCN1C(=O)C2(CC2)NC1c1ccc(F)cc1F. The van der Waals surface area contributed by atoms with Gasteiger partial charge in [-0.3, -0.25) is 10.1 Å². The number of benzene rings is 1. The summed E-state index contributed by atoms with van der Waals surface area (Å²) >= 11 is 0. The maximum atomic E-state index is 14.0. The van der Waals surface area contributed by atoms with E-state index in [0.29, 0.717) is 18.7 Å². The molecule has 3 rings (SSSR count). The van der Waals surface area contributed by atoms with Crippen molar-refractivity contribution in [3.63, 3.8) is 0 Å². The molecule has 2 fully saturated rings. The first-order chi connectivity index (χ1) is 9.93. The Morgan fingerprint density at radius 1 is 1.38 bits per heavy atom. The van der Waals surface area contributed by atoms with Gasteiger partial charge in [0.2, 0.25) is 5.91 Å². The predicted molar refractivity (Wildman–Crippen MR) is 74.5 cm³/mol. The molecule has 4 nitrogen and oxygen atoms in total. The second kappa shape index (κ2) is 5.03. The molecular weight excluding hydrogens is 276 g/mol. The Hall–Kier alpha value is -1.53. The van der Waals surface area contributed by atoms with Crippen LogP contribution in [0.4, 0.5) is 8.78 Å². The van der Waals surface area contributed by atoms with Crippen LogP contribution in [0.3, 0.4) is 0 Å². The third kappa shape index (κ3) is 2.53. The summed E-state index contributed by atoms with van der Waals surface area (Å²) in [4.78, 5) is 16.2. The Labute approximate surface area is 122 Å². The second-order valence-corrected chi connectivity index (χ2v) is 6.10. The molecule has 6 heteroatoms. The second-order valence-electron chi connectivity index (χ2n) is 6.10. The lowest BCUT2D eigenvalue weighted by molar-refractivity contribution is -0.131. The van der Waals surface area contributed by atoms with Crippen LogP contribution in [0.25, 0.3) is 0 Å². The van der Waals surface area contributed by atoms with Gasteiger partial charge in [-0.15, -0.1) is 0 Å². The largest absolute Gasteiger partial charge is 0.320 e. The van der Waals surface area contributed by atoms with Gasteiger partial charge in [0.25, 0.3) is 0 Å². The van der Waals surface area contributed by atoms with Gasteiger partial charge in [0, 0.05) is 24.7 Å². The Bertz CT molecular complexity index is 572. The molecule has 1 atom stereocenters. The van der Waals surface area contributed by atoms with Crippen LogP contribution in [0.1, 0.15) is 24.6 Å². The molecule has 1 aromatic carbocycles. The van der Waals surface area contributed by atoms with E-state index >= 15 is 0 Å². The number of nitrogens with one attached hydrogen (secondary N) is 1. The van der Waals surface area contributed by atoms with Crippen LogP contribution < -0.4 is 5.32 Å². The van der Waals surface area contributed by atoms with Gasteiger partial charge in [-0.05, 0) is 39.1 Å². The summed E-state index contributed by atoms with van der Waals surface area (Å²) in [5, 5.41) is 3.24. The number of halogens is 2. The average molecular weight is 295 g/mol. The van der Waals surface area contributed by atoms with Crippen LogP contribution in [0.15, 0.2) is 18.2 Å². The van der Waals surface area contributed by atoms with E-state index in [1.807, 2.05) is 19.0 Å². The Balaban J connectivity index is 1.89. The summed E-state index contributed by atoms with van der Waals surface area (Å²) in [5.41, 5.74) is -0.190. The van der Waals surface area contributed by atoms with E-state index in [-0.39, 0.29) is 5.91 Å². The molecule has 0 aromatic heterocycles. The van der Waals surface area contributed by atoms with Crippen molar-refractivity contribution >= 4 is 5.91 Å². The summed E-state index contributed by atoms with van der Waals surface area (Å²) in [7, 11) is 3.85. The molecule has 1 amide bonds. The number of hydrogen-bond donors (Lipinski definition) is 1. The number of carbonyl (C=O) groups is 1. The van der Waals surface area contributed by atoms with E-state index in [9.17, 15) is 13.6 Å². The third-order valence-electron chi connectivity index (χ3n) is 4.19. The molecule has 1 unspecified atom stereocenters. The van der Waals surface area contributed by atoms with Gasteiger partial charge < -0.3 is 9.80 Å². The molecular formula is C15H19F2N3O. The fraction of sp³-hybridized carbons (Fsp3) is 0.533. The lowest BCUT2D eigenvalue weighted by Gasteiger charge is -2.26. The highest BCUT2D eigenvalue weighted by molar-refractivity contribution is 5.92. The van der Waals surface area contributed by atoms with Gasteiger partial charge in [0.15, 0.2) is 0 Å². The summed E-state index contributed by atoms with van der Waals surface area (Å²) in [6, 6.07) is 3.51. The fourth-order valence-corrected chi connectivity index (χ4v) is 2.78. The zero-order chi connectivity index (χ0) is 15.2. The van der Waals surface area contributed by atoms with Crippen LogP contribution in [0.5, 0.6) is 0 Å². The average Bonchev–Trinajstić information content (AvgIpc) is 3.12. The van der Waals surface area contributed by atoms with E-state index in [1.165, 1.54) is 12.1 Å². The molecule has 1 aliphatic heterocycles. The summed E-state index contributed by atoms with van der Waals surface area (Å²) in [6.07, 6.45) is 1.05. The normalized spacial score (nSPS) is 23.4. The van der Waals surface area contributed by atoms with Crippen molar-refractivity contribution in [2.45, 2.75) is 24.5 Å². The summed E-state index contributed by atoms with van der Waals surface area (Å²) in [6.45, 7) is 1.21. The highest BCUT2D eigenvalue weighted by Crippen LogP contribution is 2.46. The number of carbonyl (C=O) groups excluding carboxylic acids is 1. The van der Waals surface area contributed by atoms with Crippen molar-refractivity contribution in [2.24, 2.45) is 0 Å². The van der Waals surface area contributed by atoms with E-state index in [4.69, 9.17) is 0 Å². The molecule has 1 heterocycles. The van der Waals surface area contributed by atoms with Crippen molar-refractivity contribution in [3.8, 4) is 0 Å². The van der Waals surface area contributed by atoms with Crippen LogP contribution in [0, 0.1) is 11.6 Å². The zero-order valence-electron chi connectivity index (χ0n) is 12.2. The molecule has 1 spiro atoms. The predicted octanol–water partition coefficient (Wildman–Crippen LogP) is 1.49. The van der Waals surface area contributed by atoms with Crippen molar-refractivity contribution < 1.29 is 13.6 Å². The first-order valence-corrected chi connectivity index (χ1v) is 7.11. The molecule has 114 valence electrons. The zero-order valence-corrected chi connectivity index (χ0v) is 12.2. The third-order valence-corrected chi connectivity index (χ3v) is 4.19. The Morgan fingerprint density at radius 3 is 2.67 bits per heavy atom. The molecule has 0 bridgehead atoms. The molecule has 0 radical (unpaired) electrons. The minimum Gasteiger partial charge on any atom is -0.320 e. The minimum atomic E-state index is -0.618. The van der Waals surface area contributed by atoms with E-state index in [2.05, 4.69) is 5.32 Å². The van der Waals surface area contributed by atoms with E-state index in [0.717, 1.165) is 18.9 Å². The number of likely N-dealkylation sites (N-methyl/N-ethyl adjacent to an activating group) is 1. The lowest BCUT2D eigenvalue weighted by atomic mass is 10.1. The van der Waals surface area contributed by atoms with Gasteiger partial charge in [0.1, 0.15) is 23.3 Å². The van der Waals surface area contributed by atoms with Crippen LogP contribution in [0.2, 0.25) is 0 Å². The molecule has 1 aliphatic carbocycles. The monoisotopic (exact) mass is 295 g/mol. The smallest absolute Gasteiger partial charge is 0.244 e. The quantitative estimate of drug-likeness (QED) is 0.914. The molecule has 1 aromatic rings. The van der Waals surface area contributed by atoms with Crippen LogP contribution >= 0.6 is 0 Å². The van der Waals surface area contributed by atoms with Gasteiger partial charge in [-0.2, -0.15) is 0 Å². The number of nitrogens with zero attached hydrogens (tertiary/aromatic N) is 2. The minimum absolute atomic E-state index is 0.0260. The van der Waals surface area contributed by atoms with Crippen molar-refractivity contribution in [1.29, 1.82) is 0 Å². The molecule has 1 N–H and O–H groups in total. The molecule has 1 saturated heterocycles. The van der Waals surface area contributed by atoms with Crippen molar-refractivity contribution in [1.82, 2.24) is 15.1 Å². The van der Waals surface area contributed by atoms with E-state index < -0.39 is 23.3 Å². The maximum absolute atomic E-state index is 14.0. The van der Waals surface area contributed by atoms with Crippen LogP contribution in [-0.2, 0) is 4.79 Å². The fourth-order valence-electron chi connectivity index (χ4n) is 2.78. The van der Waals surface area contributed by atoms with Gasteiger partial charge in [-0.25, -0.2) is 8.78 Å². The molecule has 2 aliphatic rings. The molecule has 21 heavy (non-hydrogen) atoms. The van der Waals surface area contributed by atoms with E-state index in [1.54, 1.807) is 4.90 Å². The van der Waals surface area contributed by atoms with Crippen LogP contribution in [-0.4, -0.2) is 48.4 Å². The number of amides is 1. The first-order valence-electron chi connectivity index (χ1n) is 7.11. The maximum Gasteiger partial charge on any atom is 0.244 e. The lowest BCUT2D eigenvalue weighted by Crippen LogP contribution is -2.37. The first kappa shape index (κ1) is 14.4. The summed E-state index contributed by atoms with van der Waals surface area (Å²) < 4.78 is 27.1. The number of rotatable bonds is 4. The Morgan fingerprint density at radius 2 is 2.10 bits per heavy atom. The van der Waals surface area contributed by atoms with Crippen molar-refractivity contribution in [2.75, 3.05) is 27.2 Å². The molecule has 1 saturated carbocycles. The topological polar surface area (TPSA) is 35.6 Å².